The van der Waals surface area contributed by atoms with Crippen molar-refractivity contribution in [3.8, 4) is 17.3 Å². The monoisotopic (exact) mass is 284 g/mol. The van der Waals surface area contributed by atoms with Crippen molar-refractivity contribution < 1.29 is 19.2 Å². The lowest BCUT2D eigenvalue weighted by Gasteiger charge is -2.06. The maximum absolute atomic E-state index is 12.0. The van der Waals surface area contributed by atoms with E-state index in [0.717, 1.165) is 0 Å². The maximum Gasteiger partial charge on any atom is 0.343 e. The van der Waals surface area contributed by atoms with E-state index in [-0.39, 0.29) is 22.6 Å². The molecular formula is C15H12N2O4. The van der Waals surface area contributed by atoms with Crippen LogP contribution in [-0.2, 0) is 4.74 Å². The highest BCUT2D eigenvalue weighted by Crippen LogP contribution is 2.31. The van der Waals surface area contributed by atoms with Crippen molar-refractivity contribution in [1.82, 2.24) is 5.16 Å². The molecule has 0 saturated heterocycles. The predicted molar refractivity (Wildman–Crippen MR) is 73.0 cm³/mol. The molecule has 0 spiro atoms. The van der Waals surface area contributed by atoms with Crippen molar-refractivity contribution in [2.24, 2.45) is 0 Å². The van der Waals surface area contributed by atoms with Crippen LogP contribution in [0, 0.1) is 11.3 Å². The number of nitriles is 1. The number of rotatable bonds is 4. The van der Waals surface area contributed by atoms with Crippen LogP contribution in [0.3, 0.4) is 0 Å². The van der Waals surface area contributed by atoms with Crippen LogP contribution in [0.2, 0.25) is 0 Å². The topological polar surface area (TPSA) is 96.4 Å². The number of methoxy groups -OCH3 is 1. The summed E-state index contributed by atoms with van der Waals surface area (Å²) in [7, 11) is 1.21. The molecule has 0 saturated carbocycles. The van der Waals surface area contributed by atoms with Gasteiger partial charge >= 0.3 is 5.97 Å². The Morgan fingerprint density at radius 3 is 2.71 bits per heavy atom. The fourth-order valence-electron chi connectivity index (χ4n) is 1.80. The van der Waals surface area contributed by atoms with Gasteiger partial charge < -0.3 is 14.4 Å². The van der Waals surface area contributed by atoms with E-state index < -0.39 is 12.1 Å². The number of ether oxygens (including phenoxy) is 1. The number of carbonyl (C=O) groups is 1. The van der Waals surface area contributed by atoms with Crippen LogP contribution in [0.5, 0.6) is 0 Å². The summed E-state index contributed by atoms with van der Waals surface area (Å²) in [6, 6.07) is 10.5. The molecule has 2 aromatic rings. The summed E-state index contributed by atoms with van der Waals surface area (Å²) in [6.45, 7) is 3.41. The Hall–Kier alpha value is -2.91. The molecule has 0 radical (unpaired) electrons. The number of benzene rings is 1. The minimum atomic E-state index is -1.45. The summed E-state index contributed by atoms with van der Waals surface area (Å²) in [5.74, 6) is -0.873. The van der Waals surface area contributed by atoms with Gasteiger partial charge in [-0.15, -0.1) is 0 Å². The summed E-state index contributed by atoms with van der Waals surface area (Å²) in [5.41, 5.74) is 0.688. The Bertz CT molecular complexity index is 713. The molecule has 6 heteroatoms. The molecule has 0 amide bonds. The number of hydrogen-bond acceptors (Lipinski definition) is 6. The first-order valence-electron chi connectivity index (χ1n) is 6.00. The minimum Gasteiger partial charge on any atom is -0.465 e. The van der Waals surface area contributed by atoms with Crippen molar-refractivity contribution in [2.45, 2.75) is 6.10 Å². The highest BCUT2D eigenvalue weighted by atomic mass is 16.5. The van der Waals surface area contributed by atoms with E-state index in [2.05, 4.69) is 11.7 Å². The molecule has 21 heavy (non-hydrogen) atoms. The lowest BCUT2D eigenvalue weighted by atomic mass is 10.0. The molecule has 0 aliphatic carbocycles. The molecule has 6 nitrogen and oxygen atoms in total. The van der Waals surface area contributed by atoms with Crippen LogP contribution in [0.25, 0.3) is 11.3 Å². The zero-order valence-electron chi connectivity index (χ0n) is 11.2. The Balaban J connectivity index is 2.59. The normalized spacial score (nSPS) is 11.5. The first kappa shape index (κ1) is 14.5. The van der Waals surface area contributed by atoms with Crippen LogP contribution in [0.1, 0.15) is 22.2 Å². The Morgan fingerprint density at radius 1 is 1.48 bits per heavy atom. The van der Waals surface area contributed by atoms with Gasteiger partial charge in [-0.25, -0.2) is 4.79 Å². The third-order valence-electron chi connectivity index (χ3n) is 2.88. The third kappa shape index (κ3) is 2.68. The Labute approximate surface area is 120 Å². The van der Waals surface area contributed by atoms with Gasteiger partial charge in [0.2, 0.25) is 0 Å². The summed E-state index contributed by atoms with van der Waals surface area (Å²) in [4.78, 5) is 12.0. The van der Waals surface area contributed by atoms with Crippen molar-refractivity contribution in [3.63, 3.8) is 0 Å². The molecule has 0 fully saturated rings. The smallest absolute Gasteiger partial charge is 0.343 e. The molecule has 1 aromatic heterocycles. The van der Waals surface area contributed by atoms with Crippen LogP contribution in [-0.4, -0.2) is 23.3 Å². The summed E-state index contributed by atoms with van der Waals surface area (Å²) < 4.78 is 9.74. The van der Waals surface area contributed by atoms with Crippen LogP contribution >= 0.6 is 0 Å². The van der Waals surface area contributed by atoms with E-state index in [4.69, 9.17) is 14.5 Å². The van der Waals surface area contributed by atoms with E-state index in [1.165, 1.54) is 7.11 Å². The van der Waals surface area contributed by atoms with Crippen molar-refractivity contribution >= 4 is 5.97 Å². The van der Waals surface area contributed by atoms with E-state index in [1.54, 1.807) is 30.3 Å². The van der Waals surface area contributed by atoms with Gasteiger partial charge in [0.15, 0.2) is 5.76 Å². The van der Waals surface area contributed by atoms with Gasteiger partial charge in [0.1, 0.15) is 17.4 Å². The maximum atomic E-state index is 12.0. The fourth-order valence-corrected chi connectivity index (χ4v) is 1.80. The van der Waals surface area contributed by atoms with Crippen LogP contribution in [0.15, 0.2) is 47.0 Å². The summed E-state index contributed by atoms with van der Waals surface area (Å²) in [6.07, 6.45) is -1.45. The van der Waals surface area contributed by atoms with Gasteiger partial charge in [-0.2, -0.15) is 5.26 Å². The molecule has 1 aromatic carbocycles. The second kappa shape index (κ2) is 6.03. The average Bonchev–Trinajstić information content (AvgIpc) is 2.98. The third-order valence-corrected chi connectivity index (χ3v) is 2.88. The van der Waals surface area contributed by atoms with Crippen LogP contribution < -0.4 is 0 Å². The number of aliphatic hydroxyl groups excluding tert-OH is 1. The van der Waals surface area contributed by atoms with Gasteiger partial charge in [0.05, 0.1) is 18.8 Å². The highest BCUT2D eigenvalue weighted by Gasteiger charge is 2.30. The summed E-state index contributed by atoms with van der Waals surface area (Å²) >= 11 is 0. The number of carbonyl (C=O) groups excluding carboxylic acids is 1. The second-order valence-electron chi connectivity index (χ2n) is 4.17. The molecule has 0 aliphatic heterocycles. The lowest BCUT2D eigenvalue weighted by Crippen LogP contribution is -2.09. The lowest BCUT2D eigenvalue weighted by molar-refractivity contribution is 0.0592. The standard InChI is InChI=1S/C15H12N2O4/c1-9(8-16)13(18)14-11(15(19)20-2)12(17-21-14)10-6-4-3-5-7-10/h3-7,13,18H,1H2,2H3. The van der Waals surface area contributed by atoms with Gasteiger partial charge in [0, 0.05) is 5.56 Å². The number of nitrogens with zero attached hydrogens (tertiary/aromatic N) is 2. The zero-order chi connectivity index (χ0) is 15.4. The van der Waals surface area contributed by atoms with Crippen molar-refractivity contribution in [1.29, 1.82) is 5.26 Å². The first-order chi connectivity index (χ1) is 10.1. The van der Waals surface area contributed by atoms with Gasteiger partial charge in [-0.05, 0) is 0 Å². The van der Waals surface area contributed by atoms with Gasteiger partial charge in [0.25, 0.3) is 0 Å². The average molecular weight is 284 g/mol. The largest absolute Gasteiger partial charge is 0.465 e. The molecule has 1 atom stereocenters. The quantitative estimate of drug-likeness (QED) is 0.683. The van der Waals surface area contributed by atoms with Gasteiger partial charge in [-0.3, -0.25) is 0 Å². The number of aromatic nitrogens is 1. The number of aliphatic hydroxyl groups is 1. The molecule has 1 unspecified atom stereocenters. The van der Waals surface area contributed by atoms with Crippen LogP contribution in [0.4, 0.5) is 0 Å². The molecule has 106 valence electrons. The van der Waals surface area contributed by atoms with E-state index in [9.17, 15) is 9.90 Å². The van der Waals surface area contributed by atoms with E-state index in [1.807, 2.05) is 6.07 Å². The van der Waals surface area contributed by atoms with E-state index >= 15 is 0 Å². The molecule has 1 heterocycles. The predicted octanol–water partition coefficient (Wildman–Crippen LogP) is 2.24. The number of esters is 1. The molecule has 0 bridgehead atoms. The molecule has 2 rings (SSSR count). The molecule has 0 aliphatic rings. The molecule has 1 N–H and O–H groups in total. The van der Waals surface area contributed by atoms with E-state index in [0.29, 0.717) is 5.56 Å². The van der Waals surface area contributed by atoms with Gasteiger partial charge in [-0.1, -0.05) is 42.1 Å². The SMILES string of the molecule is C=C(C#N)C(O)c1onc(-c2ccccc2)c1C(=O)OC. The molecular weight excluding hydrogens is 272 g/mol. The van der Waals surface area contributed by atoms with Crippen molar-refractivity contribution in [2.75, 3.05) is 7.11 Å². The minimum absolute atomic E-state index is 0.0207. The first-order valence-corrected chi connectivity index (χ1v) is 6.00. The summed E-state index contributed by atoms with van der Waals surface area (Å²) in [5, 5.41) is 22.6. The zero-order valence-corrected chi connectivity index (χ0v) is 11.2. The number of hydrogen-bond donors (Lipinski definition) is 1. The Kier molecular flexibility index (Phi) is 4.16. The highest BCUT2D eigenvalue weighted by molar-refractivity contribution is 5.97. The Morgan fingerprint density at radius 2 is 2.14 bits per heavy atom. The van der Waals surface area contributed by atoms with Crippen molar-refractivity contribution in [3.05, 3.63) is 53.8 Å². The second-order valence-corrected chi connectivity index (χ2v) is 4.17. The fraction of sp³-hybridized carbons (Fsp3) is 0.133.